The molecule has 2 fully saturated rings. The van der Waals surface area contributed by atoms with E-state index in [1.807, 2.05) is 4.90 Å². The lowest BCUT2D eigenvalue weighted by molar-refractivity contribution is -0.136. The first kappa shape index (κ1) is 14.8. The van der Waals surface area contributed by atoms with Crippen molar-refractivity contribution in [3.05, 3.63) is 0 Å². The van der Waals surface area contributed by atoms with Crippen LogP contribution >= 0.6 is 0 Å². The number of carbonyl (C=O) groups is 1. The van der Waals surface area contributed by atoms with Crippen LogP contribution in [0.15, 0.2) is 0 Å². The maximum atomic E-state index is 12.3. The summed E-state index contributed by atoms with van der Waals surface area (Å²) in [4.78, 5) is 14.3. The van der Waals surface area contributed by atoms with Crippen molar-refractivity contribution in [1.82, 2.24) is 10.2 Å². The number of likely N-dealkylation sites (tertiary alicyclic amines) is 1. The van der Waals surface area contributed by atoms with E-state index in [4.69, 9.17) is 4.74 Å². The van der Waals surface area contributed by atoms with Crippen LogP contribution in [0, 0.1) is 0 Å². The average Bonchev–Trinajstić information content (AvgIpc) is 3.22. The van der Waals surface area contributed by atoms with E-state index < -0.39 is 0 Å². The number of ether oxygens (including phenoxy) is 1. The summed E-state index contributed by atoms with van der Waals surface area (Å²) in [6, 6.07) is 0.702. The van der Waals surface area contributed by atoms with Crippen LogP contribution in [0.4, 0.5) is 0 Å². The largest absolute Gasteiger partial charge is 0.381 e. The molecule has 4 heteroatoms. The topological polar surface area (TPSA) is 41.6 Å². The van der Waals surface area contributed by atoms with E-state index in [-0.39, 0.29) is 6.04 Å². The molecule has 1 aliphatic carbocycles. The highest BCUT2D eigenvalue weighted by Gasteiger charge is 2.32. The normalized spacial score (nSPS) is 23.9. The Balaban J connectivity index is 1.60. The lowest BCUT2D eigenvalue weighted by atomic mass is 10.0. The lowest BCUT2D eigenvalue weighted by Gasteiger charge is -2.32. The standard InChI is InChI=1S/C15H28N2O2/c1-2-3-11-19-12-5-10-17-9-4-6-14(15(17)18)16-13-7-8-13/h13-14,16H,2-12H2,1H3. The number of hydrogen-bond donors (Lipinski definition) is 1. The molecule has 0 aromatic carbocycles. The van der Waals surface area contributed by atoms with Crippen molar-refractivity contribution >= 4 is 5.91 Å². The molecule has 1 heterocycles. The number of piperidine rings is 1. The van der Waals surface area contributed by atoms with Gasteiger partial charge in [0.15, 0.2) is 0 Å². The summed E-state index contributed by atoms with van der Waals surface area (Å²) in [6.45, 7) is 5.59. The molecular formula is C15H28N2O2. The average molecular weight is 268 g/mol. The quantitative estimate of drug-likeness (QED) is 0.650. The summed E-state index contributed by atoms with van der Waals surface area (Å²) < 4.78 is 5.55. The van der Waals surface area contributed by atoms with E-state index in [0.29, 0.717) is 11.9 Å². The fraction of sp³-hybridized carbons (Fsp3) is 0.933. The number of unbranched alkanes of at least 4 members (excludes halogenated alkanes) is 1. The Labute approximate surface area is 116 Å². The minimum absolute atomic E-state index is 0.0854. The van der Waals surface area contributed by atoms with Crippen LogP contribution in [0.3, 0.4) is 0 Å². The van der Waals surface area contributed by atoms with Crippen LogP contribution in [-0.4, -0.2) is 49.2 Å². The number of rotatable bonds is 9. The van der Waals surface area contributed by atoms with Gasteiger partial charge in [-0.2, -0.15) is 0 Å². The van der Waals surface area contributed by atoms with Crippen LogP contribution < -0.4 is 5.32 Å². The number of nitrogens with zero attached hydrogens (tertiary/aromatic N) is 1. The molecular weight excluding hydrogens is 240 g/mol. The predicted octanol–water partition coefficient (Wildman–Crippen LogP) is 1.94. The van der Waals surface area contributed by atoms with Crippen molar-refractivity contribution in [3.8, 4) is 0 Å². The molecule has 1 N–H and O–H groups in total. The SMILES string of the molecule is CCCCOCCCN1CCCC(NC2CC2)C1=O. The first-order valence-corrected chi connectivity index (χ1v) is 7.94. The second-order valence-electron chi connectivity index (χ2n) is 5.78. The number of hydrogen-bond acceptors (Lipinski definition) is 3. The zero-order valence-electron chi connectivity index (χ0n) is 12.2. The second-order valence-corrected chi connectivity index (χ2v) is 5.78. The zero-order chi connectivity index (χ0) is 13.5. The van der Waals surface area contributed by atoms with Gasteiger partial charge in [-0.1, -0.05) is 13.3 Å². The van der Waals surface area contributed by atoms with Gasteiger partial charge in [-0.25, -0.2) is 0 Å². The Bertz CT molecular complexity index is 279. The Kier molecular flexibility index (Phi) is 6.11. The highest BCUT2D eigenvalue weighted by Crippen LogP contribution is 2.22. The third kappa shape index (κ3) is 5.11. The molecule has 0 bridgehead atoms. The minimum Gasteiger partial charge on any atom is -0.381 e. The summed E-state index contributed by atoms with van der Waals surface area (Å²) in [5, 5.41) is 3.47. The fourth-order valence-corrected chi connectivity index (χ4v) is 2.56. The van der Waals surface area contributed by atoms with E-state index in [0.717, 1.165) is 52.0 Å². The Morgan fingerprint density at radius 1 is 1.26 bits per heavy atom. The highest BCUT2D eigenvalue weighted by atomic mass is 16.5. The second kappa shape index (κ2) is 7.85. The molecule has 19 heavy (non-hydrogen) atoms. The van der Waals surface area contributed by atoms with Crippen molar-refractivity contribution in [2.45, 2.75) is 64.0 Å². The summed E-state index contributed by atoms with van der Waals surface area (Å²) in [5.74, 6) is 0.312. The molecule has 1 amide bonds. The Morgan fingerprint density at radius 2 is 2.05 bits per heavy atom. The van der Waals surface area contributed by atoms with Crippen LogP contribution in [0.1, 0.15) is 51.9 Å². The van der Waals surface area contributed by atoms with E-state index in [9.17, 15) is 4.79 Å². The number of nitrogens with one attached hydrogen (secondary N) is 1. The summed E-state index contributed by atoms with van der Waals surface area (Å²) >= 11 is 0. The van der Waals surface area contributed by atoms with E-state index >= 15 is 0 Å². The zero-order valence-corrected chi connectivity index (χ0v) is 12.2. The summed E-state index contributed by atoms with van der Waals surface area (Å²) in [7, 11) is 0. The molecule has 0 aromatic rings. The van der Waals surface area contributed by atoms with E-state index in [2.05, 4.69) is 12.2 Å². The minimum atomic E-state index is 0.0854. The van der Waals surface area contributed by atoms with Crippen molar-refractivity contribution in [3.63, 3.8) is 0 Å². The van der Waals surface area contributed by atoms with Gasteiger partial charge in [-0.15, -0.1) is 0 Å². The molecule has 0 radical (unpaired) electrons. The van der Waals surface area contributed by atoms with Crippen molar-refractivity contribution in [2.75, 3.05) is 26.3 Å². The highest BCUT2D eigenvalue weighted by molar-refractivity contribution is 5.82. The third-order valence-corrected chi connectivity index (χ3v) is 3.90. The van der Waals surface area contributed by atoms with Crippen LogP contribution in [0.2, 0.25) is 0 Å². The Morgan fingerprint density at radius 3 is 2.79 bits per heavy atom. The van der Waals surface area contributed by atoms with Gasteiger partial charge in [-0.3, -0.25) is 4.79 Å². The fourth-order valence-electron chi connectivity index (χ4n) is 2.56. The number of amides is 1. The first-order chi connectivity index (χ1) is 9.31. The van der Waals surface area contributed by atoms with Gasteiger partial charge < -0.3 is 15.0 Å². The summed E-state index contributed by atoms with van der Waals surface area (Å²) in [5.41, 5.74) is 0. The molecule has 1 atom stereocenters. The van der Waals surface area contributed by atoms with Crippen molar-refractivity contribution in [1.29, 1.82) is 0 Å². The predicted molar refractivity (Wildman–Crippen MR) is 76.1 cm³/mol. The van der Waals surface area contributed by atoms with Crippen LogP contribution in [0.5, 0.6) is 0 Å². The molecule has 4 nitrogen and oxygen atoms in total. The van der Waals surface area contributed by atoms with Crippen molar-refractivity contribution in [2.24, 2.45) is 0 Å². The molecule has 1 saturated heterocycles. The molecule has 0 spiro atoms. The third-order valence-electron chi connectivity index (χ3n) is 3.90. The van der Waals surface area contributed by atoms with Gasteiger partial charge >= 0.3 is 0 Å². The molecule has 1 saturated carbocycles. The van der Waals surface area contributed by atoms with Gasteiger partial charge in [0.2, 0.25) is 5.91 Å². The molecule has 1 unspecified atom stereocenters. The van der Waals surface area contributed by atoms with Crippen molar-refractivity contribution < 1.29 is 9.53 Å². The first-order valence-electron chi connectivity index (χ1n) is 7.94. The molecule has 2 aliphatic rings. The van der Waals surface area contributed by atoms with Crippen LogP contribution in [-0.2, 0) is 9.53 Å². The molecule has 110 valence electrons. The maximum Gasteiger partial charge on any atom is 0.239 e. The van der Waals surface area contributed by atoms with Gasteiger partial charge in [0, 0.05) is 32.3 Å². The number of carbonyl (C=O) groups excluding carboxylic acids is 1. The summed E-state index contributed by atoms with van der Waals surface area (Å²) in [6.07, 6.45) is 7.91. The molecule has 2 rings (SSSR count). The molecule has 0 aromatic heterocycles. The molecule has 1 aliphatic heterocycles. The van der Waals surface area contributed by atoms with Crippen LogP contribution in [0.25, 0.3) is 0 Å². The van der Waals surface area contributed by atoms with Gasteiger partial charge in [0.25, 0.3) is 0 Å². The maximum absolute atomic E-state index is 12.3. The Hall–Kier alpha value is -0.610. The van der Waals surface area contributed by atoms with E-state index in [1.165, 1.54) is 19.3 Å². The van der Waals surface area contributed by atoms with Gasteiger partial charge in [-0.05, 0) is 38.5 Å². The lowest BCUT2D eigenvalue weighted by Crippen LogP contribution is -2.51. The van der Waals surface area contributed by atoms with Gasteiger partial charge in [0.05, 0.1) is 6.04 Å². The smallest absolute Gasteiger partial charge is 0.239 e. The van der Waals surface area contributed by atoms with Gasteiger partial charge in [0.1, 0.15) is 0 Å². The monoisotopic (exact) mass is 268 g/mol. The van der Waals surface area contributed by atoms with E-state index in [1.54, 1.807) is 0 Å².